The molecule has 0 aliphatic carbocycles. The molecule has 0 amide bonds. The van der Waals surface area contributed by atoms with E-state index in [1.54, 1.807) is 36.4 Å². The fourth-order valence-corrected chi connectivity index (χ4v) is 5.41. The standard InChI is InChI=1S/C19H19N3O6S2/c20-15-3-1-2-13(9-15)17-7-6-16(21)10-14(17)5-4-12-8-18(29(23,24)25)19(22-11-12)30(26,27)28/h1-3,6-7,9-11,18-19,22H,8,20-21H2,(H,23,24,25)(H,26,27,28)/t18-,19-/m1/s1. The van der Waals surface area contributed by atoms with Gasteiger partial charge in [0.25, 0.3) is 20.2 Å². The van der Waals surface area contributed by atoms with Crippen molar-refractivity contribution >= 4 is 31.6 Å². The molecule has 1 heterocycles. The molecule has 30 heavy (non-hydrogen) atoms. The van der Waals surface area contributed by atoms with Gasteiger partial charge in [0.1, 0.15) is 5.25 Å². The maximum Gasteiger partial charge on any atom is 0.287 e. The topological polar surface area (TPSA) is 173 Å². The molecule has 0 bridgehead atoms. The molecule has 11 heteroatoms. The van der Waals surface area contributed by atoms with Crippen LogP contribution in [0.3, 0.4) is 0 Å². The van der Waals surface area contributed by atoms with E-state index in [1.807, 2.05) is 6.07 Å². The average Bonchev–Trinajstić information content (AvgIpc) is 2.65. The fraction of sp³-hybridized carbons (Fsp3) is 0.158. The predicted octanol–water partition coefficient (Wildman–Crippen LogP) is 1.22. The minimum absolute atomic E-state index is 0.221. The maximum atomic E-state index is 11.6. The number of hydrogen-bond acceptors (Lipinski definition) is 7. The van der Waals surface area contributed by atoms with Gasteiger partial charge >= 0.3 is 0 Å². The number of nitrogens with one attached hydrogen (secondary N) is 1. The Bertz CT molecular complexity index is 1290. The van der Waals surface area contributed by atoms with Crippen LogP contribution >= 0.6 is 0 Å². The molecule has 1 aliphatic rings. The first-order valence-electron chi connectivity index (χ1n) is 8.60. The van der Waals surface area contributed by atoms with Crippen LogP contribution in [0.15, 0.2) is 54.2 Å². The smallest absolute Gasteiger partial charge is 0.287 e. The highest BCUT2D eigenvalue weighted by atomic mass is 32.2. The lowest BCUT2D eigenvalue weighted by Gasteiger charge is -2.26. The summed E-state index contributed by atoms with van der Waals surface area (Å²) in [5.74, 6) is 5.67. The quantitative estimate of drug-likeness (QED) is 0.262. The van der Waals surface area contributed by atoms with Crippen LogP contribution in [0.4, 0.5) is 11.4 Å². The molecule has 0 unspecified atom stereocenters. The molecule has 9 nitrogen and oxygen atoms in total. The first kappa shape index (κ1) is 21.7. The number of allylic oxidation sites excluding steroid dienone is 1. The van der Waals surface area contributed by atoms with Crippen LogP contribution in [-0.4, -0.2) is 36.6 Å². The lowest BCUT2D eigenvalue weighted by Crippen LogP contribution is -2.49. The van der Waals surface area contributed by atoms with Crippen LogP contribution < -0.4 is 16.8 Å². The van der Waals surface area contributed by atoms with Gasteiger partial charge in [0.15, 0.2) is 5.37 Å². The van der Waals surface area contributed by atoms with Crippen LogP contribution in [0, 0.1) is 11.8 Å². The SMILES string of the molecule is Nc1cccc(-c2ccc(N)cc2C#CC2=CN[C@H](S(=O)(=O)O)[C@H](S(=O)(=O)O)C2)c1. The van der Waals surface area contributed by atoms with Crippen molar-refractivity contribution < 1.29 is 25.9 Å². The number of anilines is 2. The van der Waals surface area contributed by atoms with E-state index in [0.29, 0.717) is 16.9 Å². The summed E-state index contributed by atoms with van der Waals surface area (Å²) >= 11 is 0. The number of benzene rings is 2. The molecule has 2 atom stereocenters. The predicted molar refractivity (Wildman–Crippen MR) is 114 cm³/mol. The van der Waals surface area contributed by atoms with Crippen molar-refractivity contribution in [2.24, 2.45) is 0 Å². The van der Waals surface area contributed by atoms with E-state index in [4.69, 9.17) is 11.5 Å². The summed E-state index contributed by atoms with van der Waals surface area (Å²) < 4.78 is 64.7. The Morgan fingerprint density at radius 3 is 2.27 bits per heavy atom. The average molecular weight is 450 g/mol. The summed E-state index contributed by atoms with van der Waals surface area (Å²) in [7, 11) is -9.55. The first-order valence-corrected chi connectivity index (χ1v) is 11.6. The Labute approximate surface area is 174 Å². The molecule has 0 radical (unpaired) electrons. The van der Waals surface area contributed by atoms with Crippen molar-refractivity contribution in [1.29, 1.82) is 0 Å². The zero-order chi connectivity index (χ0) is 22.1. The van der Waals surface area contributed by atoms with Gasteiger partial charge in [0.2, 0.25) is 0 Å². The second kappa shape index (κ2) is 8.00. The van der Waals surface area contributed by atoms with E-state index in [1.165, 1.54) is 6.20 Å². The van der Waals surface area contributed by atoms with Gasteiger partial charge < -0.3 is 16.8 Å². The zero-order valence-corrected chi connectivity index (χ0v) is 17.1. The summed E-state index contributed by atoms with van der Waals surface area (Å²) in [5.41, 5.74) is 15.0. The van der Waals surface area contributed by atoms with Crippen molar-refractivity contribution in [3.63, 3.8) is 0 Å². The molecule has 2 aromatic rings. The third-order valence-electron chi connectivity index (χ3n) is 4.48. The summed E-state index contributed by atoms with van der Waals surface area (Å²) in [6.45, 7) is 0. The molecule has 0 saturated carbocycles. The van der Waals surface area contributed by atoms with Crippen molar-refractivity contribution in [2.45, 2.75) is 17.0 Å². The molecule has 158 valence electrons. The molecule has 7 N–H and O–H groups in total. The lowest BCUT2D eigenvalue weighted by atomic mass is 9.98. The van der Waals surface area contributed by atoms with Crippen molar-refractivity contribution in [3.8, 4) is 23.0 Å². The van der Waals surface area contributed by atoms with Gasteiger partial charge in [-0.1, -0.05) is 30.0 Å². The van der Waals surface area contributed by atoms with Gasteiger partial charge in [-0.2, -0.15) is 16.8 Å². The fourth-order valence-electron chi connectivity index (χ4n) is 3.07. The molecule has 1 aliphatic heterocycles. The lowest BCUT2D eigenvalue weighted by molar-refractivity contribution is 0.424. The molecule has 0 spiro atoms. The second-order valence-corrected chi connectivity index (χ2v) is 9.88. The number of nitrogens with two attached hydrogens (primary N) is 2. The minimum Gasteiger partial charge on any atom is -0.399 e. The molecule has 2 aromatic carbocycles. The molecular weight excluding hydrogens is 430 g/mol. The van der Waals surface area contributed by atoms with E-state index in [0.717, 1.165) is 11.1 Å². The summed E-state index contributed by atoms with van der Waals surface area (Å²) in [4.78, 5) is 0. The molecular formula is C19H19N3O6S2. The third kappa shape index (κ3) is 4.92. The summed E-state index contributed by atoms with van der Waals surface area (Å²) in [6.07, 6.45) is 0.790. The van der Waals surface area contributed by atoms with E-state index in [9.17, 15) is 25.9 Å². The van der Waals surface area contributed by atoms with Gasteiger partial charge in [-0.15, -0.1) is 0 Å². The van der Waals surface area contributed by atoms with Gasteiger partial charge in [-0.25, -0.2) is 0 Å². The van der Waals surface area contributed by atoms with Crippen LogP contribution in [0.2, 0.25) is 0 Å². The largest absolute Gasteiger partial charge is 0.399 e. The van der Waals surface area contributed by atoms with Gasteiger partial charge in [0.05, 0.1) is 0 Å². The molecule has 3 rings (SSSR count). The molecule has 0 saturated heterocycles. The van der Waals surface area contributed by atoms with E-state index < -0.39 is 37.3 Å². The summed E-state index contributed by atoms with van der Waals surface area (Å²) in [5, 5.41) is -1.42. The Balaban J connectivity index is 2.00. The first-order chi connectivity index (χ1) is 13.9. The summed E-state index contributed by atoms with van der Waals surface area (Å²) in [6, 6.07) is 12.3. The Kier molecular flexibility index (Phi) is 5.78. The number of nitrogen functional groups attached to an aromatic ring is 2. The van der Waals surface area contributed by atoms with Gasteiger partial charge in [-0.05, 0) is 35.4 Å². The normalized spacial score (nSPS) is 19.2. The van der Waals surface area contributed by atoms with Crippen molar-refractivity contribution in [1.82, 2.24) is 5.32 Å². The Morgan fingerprint density at radius 1 is 0.933 bits per heavy atom. The molecule has 0 aromatic heterocycles. The highest BCUT2D eigenvalue weighted by Gasteiger charge is 2.42. The van der Waals surface area contributed by atoms with E-state index in [2.05, 4.69) is 17.2 Å². The monoisotopic (exact) mass is 449 g/mol. The number of rotatable bonds is 3. The van der Waals surface area contributed by atoms with Crippen LogP contribution in [0.5, 0.6) is 0 Å². The highest BCUT2D eigenvalue weighted by molar-refractivity contribution is 7.90. The van der Waals surface area contributed by atoms with Gasteiger partial charge in [-0.3, -0.25) is 9.11 Å². The number of hydrogen-bond donors (Lipinski definition) is 5. The highest BCUT2D eigenvalue weighted by Crippen LogP contribution is 2.27. The van der Waals surface area contributed by atoms with Crippen molar-refractivity contribution in [3.05, 3.63) is 59.8 Å². The van der Waals surface area contributed by atoms with Crippen LogP contribution in [0.25, 0.3) is 11.1 Å². The maximum absolute atomic E-state index is 11.6. The van der Waals surface area contributed by atoms with E-state index in [-0.39, 0.29) is 5.57 Å². The third-order valence-corrected chi connectivity index (χ3v) is 6.97. The van der Waals surface area contributed by atoms with Crippen molar-refractivity contribution in [2.75, 3.05) is 11.5 Å². The van der Waals surface area contributed by atoms with Crippen LogP contribution in [-0.2, 0) is 20.2 Å². The van der Waals surface area contributed by atoms with Gasteiger partial charge in [0, 0.05) is 35.1 Å². The Morgan fingerprint density at radius 2 is 1.63 bits per heavy atom. The van der Waals surface area contributed by atoms with E-state index >= 15 is 0 Å². The minimum atomic E-state index is -4.78. The molecule has 0 fully saturated rings. The zero-order valence-electron chi connectivity index (χ0n) is 15.5. The second-order valence-electron chi connectivity index (χ2n) is 6.71. The van der Waals surface area contributed by atoms with Crippen LogP contribution in [0.1, 0.15) is 12.0 Å². The Hall–Kier alpha value is -3.04.